The highest BCUT2D eigenvalue weighted by Crippen LogP contribution is 2.44. The van der Waals surface area contributed by atoms with Gasteiger partial charge in [0.05, 0.1) is 106 Å². The molecular weight excluding hydrogens is 658 g/mol. The van der Waals surface area contributed by atoms with Gasteiger partial charge in [-0.1, -0.05) is 68.3 Å². The van der Waals surface area contributed by atoms with Crippen molar-refractivity contribution < 1.29 is 52.2 Å². The molecule has 2 aromatic carbocycles. The van der Waals surface area contributed by atoms with Crippen molar-refractivity contribution in [2.45, 2.75) is 38.5 Å². The number of hydrogen-bond acceptors (Lipinski definition) is 11. The number of fused-ring (bicyclic) bond motifs is 3. The molecule has 0 saturated heterocycles. The lowest BCUT2D eigenvalue weighted by Gasteiger charge is -2.14. The highest BCUT2D eigenvalue weighted by Gasteiger charge is 2.28. The molecule has 0 radical (unpaired) electrons. The Morgan fingerprint density at radius 3 is 1.24 bits per heavy atom. The van der Waals surface area contributed by atoms with Crippen LogP contribution in [0.5, 0.6) is 0 Å². The van der Waals surface area contributed by atoms with Crippen LogP contribution in [0.2, 0.25) is 0 Å². The molecule has 1 N–H and O–H groups in total. The third kappa shape index (κ3) is 19.7. The van der Waals surface area contributed by atoms with Gasteiger partial charge in [0.15, 0.2) is 0 Å². The van der Waals surface area contributed by atoms with Crippen LogP contribution in [0.25, 0.3) is 11.1 Å². The van der Waals surface area contributed by atoms with Crippen molar-refractivity contribution in [2.75, 3.05) is 132 Å². The third-order valence-electron chi connectivity index (χ3n) is 7.95. The molecule has 1 aliphatic rings. The largest absolute Gasteiger partial charge is 0.449 e. The van der Waals surface area contributed by atoms with E-state index in [1.165, 1.54) is 35.1 Å². The molecule has 0 bridgehead atoms. The van der Waals surface area contributed by atoms with Crippen molar-refractivity contribution in [3.05, 3.63) is 59.7 Å². The summed E-state index contributed by atoms with van der Waals surface area (Å²) in [6.45, 7) is 12.7. The second kappa shape index (κ2) is 29.9. The Bertz CT molecular complexity index is 1090. The monoisotopic (exact) mass is 719 g/mol. The summed E-state index contributed by atoms with van der Waals surface area (Å²) in [6.07, 6.45) is 3.81. The highest BCUT2D eigenvalue weighted by atomic mass is 16.6. The molecule has 3 rings (SSSR count). The molecule has 12 nitrogen and oxygen atoms in total. The Kier molecular flexibility index (Phi) is 25.0. The molecule has 2 aromatic rings. The van der Waals surface area contributed by atoms with Crippen LogP contribution in [0.1, 0.15) is 49.7 Å². The van der Waals surface area contributed by atoms with E-state index in [1.54, 1.807) is 0 Å². The number of rotatable bonds is 34. The Labute approximate surface area is 304 Å². The maximum absolute atomic E-state index is 12.3. The summed E-state index contributed by atoms with van der Waals surface area (Å²) in [7, 11) is 0. The molecule has 0 aromatic heterocycles. The molecule has 0 heterocycles. The number of amides is 1. The lowest BCUT2D eigenvalue weighted by Crippen LogP contribution is -2.27. The average molecular weight is 720 g/mol. The first-order chi connectivity index (χ1) is 25.3. The zero-order valence-corrected chi connectivity index (χ0v) is 30.7. The first-order valence-electron chi connectivity index (χ1n) is 18.6. The Hall–Kier alpha value is -2.65. The van der Waals surface area contributed by atoms with Crippen molar-refractivity contribution in [1.29, 1.82) is 0 Å². The minimum atomic E-state index is -0.412. The Morgan fingerprint density at radius 1 is 0.490 bits per heavy atom. The van der Waals surface area contributed by atoms with Crippen LogP contribution in [0, 0.1) is 0 Å². The standard InChI is InChI=1S/C39H61NO11/c1-2-3-8-15-42-17-19-44-21-23-46-25-27-48-29-31-50-32-30-49-28-26-47-24-22-45-20-18-43-16-9-14-40-39(41)51-33-38-36-12-6-4-10-34(36)35-11-5-7-13-37(35)38/h4-7,10-13,38H,2-3,8-9,14-33H2,1H3,(H,40,41). The predicted octanol–water partition coefficient (Wildman–Crippen LogP) is 5.25. The van der Waals surface area contributed by atoms with E-state index >= 15 is 0 Å². The lowest BCUT2D eigenvalue weighted by molar-refractivity contribution is -0.0250. The number of nitrogens with one attached hydrogen (secondary N) is 1. The van der Waals surface area contributed by atoms with Crippen molar-refractivity contribution in [2.24, 2.45) is 0 Å². The number of benzene rings is 2. The van der Waals surface area contributed by atoms with Gasteiger partial charge in [0.2, 0.25) is 0 Å². The van der Waals surface area contributed by atoms with Gasteiger partial charge in [0.1, 0.15) is 6.61 Å². The maximum atomic E-state index is 12.3. The first-order valence-corrected chi connectivity index (χ1v) is 18.6. The number of carbonyl (C=O) groups is 1. The van der Waals surface area contributed by atoms with Gasteiger partial charge in [-0.15, -0.1) is 0 Å². The quantitative estimate of drug-likeness (QED) is 0.0955. The van der Waals surface area contributed by atoms with Gasteiger partial charge in [-0.25, -0.2) is 4.79 Å². The van der Waals surface area contributed by atoms with Gasteiger partial charge < -0.3 is 52.7 Å². The van der Waals surface area contributed by atoms with E-state index in [4.69, 9.17) is 47.4 Å². The maximum Gasteiger partial charge on any atom is 0.407 e. The summed E-state index contributed by atoms with van der Waals surface area (Å²) in [5, 5.41) is 2.81. The molecule has 288 valence electrons. The van der Waals surface area contributed by atoms with Gasteiger partial charge in [0.25, 0.3) is 0 Å². The molecule has 12 heteroatoms. The summed E-state index contributed by atoms with van der Waals surface area (Å²) in [5.74, 6) is 0.0532. The number of unbranched alkanes of at least 4 members (excludes halogenated alkanes) is 2. The molecule has 0 aliphatic heterocycles. The van der Waals surface area contributed by atoms with Gasteiger partial charge in [0, 0.05) is 25.7 Å². The van der Waals surface area contributed by atoms with Crippen LogP contribution < -0.4 is 5.32 Å². The average Bonchev–Trinajstić information content (AvgIpc) is 3.48. The highest BCUT2D eigenvalue weighted by molar-refractivity contribution is 5.79. The topological polar surface area (TPSA) is 121 Å². The summed E-state index contributed by atoms with van der Waals surface area (Å²) in [4.78, 5) is 12.3. The number of ether oxygens (including phenoxy) is 10. The van der Waals surface area contributed by atoms with E-state index in [9.17, 15) is 4.79 Å². The molecule has 0 saturated carbocycles. The van der Waals surface area contributed by atoms with Crippen LogP contribution in [0.15, 0.2) is 48.5 Å². The molecule has 0 unspecified atom stereocenters. The van der Waals surface area contributed by atoms with Crippen LogP contribution in [-0.4, -0.2) is 138 Å². The van der Waals surface area contributed by atoms with Crippen LogP contribution in [0.4, 0.5) is 4.79 Å². The van der Waals surface area contributed by atoms with Gasteiger partial charge >= 0.3 is 6.09 Å². The fraction of sp³-hybridized carbons (Fsp3) is 0.667. The number of alkyl carbamates (subject to hydrolysis) is 1. The minimum absolute atomic E-state index is 0.0532. The van der Waals surface area contributed by atoms with Gasteiger partial charge in [-0.3, -0.25) is 0 Å². The fourth-order valence-corrected chi connectivity index (χ4v) is 5.33. The van der Waals surface area contributed by atoms with Crippen LogP contribution in [-0.2, 0) is 47.4 Å². The van der Waals surface area contributed by atoms with Gasteiger partial charge in [-0.2, -0.15) is 0 Å². The number of carbonyl (C=O) groups excluding carboxylic acids is 1. The molecular formula is C39H61NO11. The van der Waals surface area contributed by atoms with Crippen molar-refractivity contribution in [1.82, 2.24) is 5.32 Å². The second-order valence-corrected chi connectivity index (χ2v) is 11.8. The Morgan fingerprint density at radius 2 is 0.843 bits per heavy atom. The lowest BCUT2D eigenvalue weighted by atomic mass is 9.98. The van der Waals surface area contributed by atoms with E-state index in [-0.39, 0.29) is 5.92 Å². The van der Waals surface area contributed by atoms with E-state index in [0.29, 0.717) is 132 Å². The van der Waals surface area contributed by atoms with E-state index < -0.39 is 6.09 Å². The van der Waals surface area contributed by atoms with Crippen LogP contribution in [0.3, 0.4) is 0 Å². The van der Waals surface area contributed by atoms with E-state index in [0.717, 1.165) is 13.0 Å². The molecule has 1 amide bonds. The smallest absolute Gasteiger partial charge is 0.407 e. The minimum Gasteiger partial charge on any atom is -0.449 e. The first kappa shape index (κ1) is 42.8. The molecule has 0 atom stereocenters. The molecule has 0 spiro atoms. The summed E-state index contributed by atoms with van der Waals surface area (Å²) < 4.78 is 55.1. The van der Waals surface area contributed by atoms with Crippen LogP contribution >= 0.6 is 0 Å². The number of hydrogen-bond donors (Lipinski definition) is 1. The second-order valence-electron chi connectivity index (χ2n) is 11.8. The van der Waals surface area contributed by atoms with Crippen molar-refractivity contribution >= 4 is 6.09 Å². The molecule has 51 heavy (non-hydrogen) atoms. The zero-order valence-electron chi connectivity index (χ0n) is 30.7. The van der Waals surface area contributed by atoms with Crippen molar-refractivity contribution in [3.8, 4) is 11.1 Å². The van der Waals surface area contributed by atoms with E-state index in [1.807, 2.05) is 24.3 Å². The molecule has 1 aliphatic carbocycles. The normalized spacial score (nSPS) is 12.3. The Balaban J connectivity index is 0.965. The summed E-state index contributed by atoms with van der Waals surface area (Å²) in [5.41, 5.74) is 4.82. The zero-order chi connectivity index (χ0) is 35.9. The van der Waals surface area contributed by atoms with Gasteiger partial charge in [-0.05, 0) is 35.1 Å². The fourth-order valence-electron chi connectivity index (χ4n) is 5.33. The summed E-state index contributed by atoms with van der Waals surface area (Å²) in [6, 6.07) is 16.6. The third-order valence-corrected chi connectivity index (χ3v) is 7.95. The predicted molar refractivity (Wildman–Crippen MR) is 195 cm³/mol. The van der Waals surface area contributed by atoms with Crippen molar-refractivity contribution in [3.63, 3.8) is 0 Å². The molecule has 0 fully saturated rings. The van der Waals surface area contributed by atoms with E-state index in [2.05, 4.69) is 36.5 Å². The SMILES string of the molecule is CCCCCOCCOCCOCCOCCOCCOCCOCCOCCOCCCNC(=O)OCC1c2ccccc2-c2ccccc21. The summed E-state index contributed by atoms with van der Waals surface area (Å²) >= 11 is 0.